The summed E-state index contributed by atoms with van der Waals surface area (Å²) in [5.41, 5.74) is 0. The molecule has 1 N–H and O–H groups in total. The summed E-state index contributed by atoms with van der Waals surface area (Å²) in [5.74, 6) is 0.951. The van der Waals surface area contributed by atoms with Crippen LogP contribution in [0.25, 0.3) is 0 Å². The number of nitrogens with one attached hydrogen (secondary N) is 1. The molecule has 0 amide bonds. The zero-order chi connectivity index (χ0) is 8.27. The minimum absolute atomic E-state index is 0.420. The number of rotatable bonds is 3. The molecular weight excluding hydrogens is 158 g/mol. The Bertz CT molecular complexity index is 222. The highest BCUT2D eigenvalue weighted by atomic mass is 32.1. The van der Waals surface area contributed by atoms with Gasteiger partial charge in [0.2, 0.25) is 0 Å². The van der Waals surface area contributed by atoms with Crippen LogP contribution < -0.4 is 10.1 Å². The Kier molecular flexibility index (Phi) is 2.91. The van der Waals surface area contributed by atoms with E-state index < -0.39 is 0 Å². The van der Waals surface area contributed by atoms with Gasteiger partial charge >= 0.3 is 0 Å². The SMILES string of the molecule is CNC(C)c1cc(OC)cs1. The molecule has 0 saturated heterocycles. The quantitative estimate of drug-likeness (QED) is 0.751. The third kappa shape index (κ3) is 1.94. The zero-order valence-electron chi connectivity index (χ0n) is 7.05. The predicted molar refractivity (Wildman–Crippen MR) is 48.3 cm³/mol. The van der Waals surface area contributed by atoms with Gasteiger partial charge in [-0.25, -0.2) is 0 Å². The lowest BCUT2D eigenvalue weighted by Crippen LogP contribution is -2.10. The van der Waals surface area contributed by atoms with E-state index in [0.29, 0.717) is 6.04 Å². The first-order chi connectivity index (χ1) is 5.27. The maximum atomic E-state index is 5.07. The Morgan fingerprint density at radius 3 is 2.82 bits per heavy atom. The number of ether oxygens (including phenoxy) is 1. The fraction of sp³-hybridized carbons (Fsp3) is 0.500. The largest absolute Gasteiger partial charge is 0.496 e. The first-order valence-corrected chi connectivity index (χ1v) is 4.45. The number of methoxy groups -OCH3 is 1. The lowest BCUT2D eigenvalue weighted by atomic mass is 10.3. The number of hydrogen-bond donors (Lipinski definition) is 1. The summed E-state index contributed by atoms with van der Waals surface area (Å²) in [7, 11) is 3.65. The van der Waals surface area contributed by atoms with Crippen LogP contribution in [0, 0.1) is 0 Å². The van der Waals surface area contributed by atoms with Crippen molar-refractivity contribution in [1.82, 2.24) is 5.32 Å². The highest BCUT2D eigenvalue weighted by Crippen LogP contribution is 2.25. The predicted octanol–water partition coefficient (Wildman–Crippen LogP) is 2.04. The molecule has 62 valence electrons. The van der Waals surface area contributed by atoms with E-state index in [4.69, 9.17) is 4.74 Å². The second-order valence-electron chi connectivity index (χ2n) is 2.40. The Morgan fingerprint density at radius 1 is 1.64 bits per heavy atom. The molecule has 3 heteroatoms. The van der Waals surface area contributed by atoms with Gasteiger partial charge < -0.3 is 10.1 Å². The average molecular weight is 171 g/mol. The second kappa shape index (κ2) is 3.74. The van der Waals surface area contributed by atoms with Crippen molar-refractivity contribution in [2.45, 2.75) is 13.0 Å². The smallest absolute Gasteiger partial charge is 0.129 e. The van der Waals surface area contributed by atoms with E-state index in [1.54, 1.807) is 18.4 Å². The van der Waals surface area contributed by atoms with E-state index in [0.717, 1.165) is 5.75 Å². The maximum Gasteiger partial charge on any atom is 0.129 e. The summed E-state index contributed by atoms with van der Waals surface area (Å²) in [4.78, 5) is 1.31. The average Bonchev–Trinajstić information content (AvgIpc) is 2.50. The molecule has 0 spiro atoms. The summed E-state index contributed by atoms with van der Waals surface area (Å²) in [6.07, 6.45) is 0. The fourth-order valence-electron chi connectivity index (χ4n) is 0.811. The molecule has 1 heterocycles. The van der Waals surface area contributed by atoms with E-state index in [1.807, 2.05) is 12.4 Å². The van der Waals surface area contributed by atoms with E-state index >= 15 is 0 Å². The van der Waals surface area contributed by atoms with E-state index in [1.165, 1.54) is 4.88 Å². The van der Waals surface area contributed by atoms with Crippen LogP contribution >= 0.6 is 11.3 Å². The third-order valence-electron chi connectivity index (χ3n) is 1.69. The molecule has 1 rings (SSSR count). The van der Waals surface area contributed by atoms with Crippen molar-refractivity contribution >= 4 is 11.3 Å². The summed E-state index contributed by atoms with van der Waals surface area (Å²) < 4.78 is 5.07. The molecule has 0 saturated carbocycles. The molecule has 1 atom stereocenters. The summed E-state index contributed by atoms with van der Waals surface area (Å²) in [5, 5.41) is 5.19. The minimum Gasteiger partial charge on any atom is -0.496 e. The van der Waals surface area contributed by atoms with Crippen LogP contribution in [0.15, 0.2) is 11.4 Å². The van der Waals surface area contributed by atoms with Gasteiger partial charge in [-0.3, -0.25) is 0 Å². The molecular formula is C8H13NOS. The molecule has 0 bridgehead atoms. The van der Waals surface area contributed by atoms with Gasteiger partial charge in [0, 0.05) is 16.3 Å². The highest BCUT2D eigenvalue weighted by molar-refractivity contribution is 7.10. The van der Waals surface area contributed by atoms with Crippen molar-refractivity contribution in [3.63, 3.8) is 0 Å². The van der Waals surface area contributed by atoms with Crippen molar-refractivity contribution in [3.8, 4) is 5.75 Å². The fourth-order valence-corrected chi connectivity index (χ4v) is 1.73. The molecule has 2 nitrogen and oxygen atoms in total. The van der Waals surface area contributed by atoms with Crippen molar-refractivity contribution in [3.05, 3.63) is 16.3 Å². The molecule has 0 aliphatic carbocycles. The number of thiophene rings is 1. The highest BCUT2D eigenvalue weighted by Gasteiger charge is 2.05. The first-order valence-electron chi connectivity index (χ1n) is 3.57. The van der Waals surface area contributed by atoms with Crippen LogP contribution in [-0.2, 0) is 0 Å². The molecule has 1 unspecified atom stereocenters. The lowest BCUT2D eigenvalue weighted by molar-refractivity contribution is 0.416. The van der Waals surface area contributed by atoms with E-state index in [9.17, 15) is 0 Å². The van der Waals surface area contributed by atoms with Crippen LogP contribution in [0.2, 0.25) is 0 Å². The Labute approximate surface area is 71.2 Å². The normalized spacial score (nSPS) is 13.0. The van der Waals surface area contributed by atoms with Gasteiger partial charge in [-0.2, -0.15) is 0 Å². The molecule has 0 aromatic carbocycles. The lowest BCUT2D eigenvalue weighted by Gasteiger charge is -2.05. The molecule has 11 heavy (non-hydrogen) atoms. The van der Waals surface area contributed by atoms with Crippen LogP contribution in [0.4, 0.5) is 0 Å². The van der Waals surface area contributed by atoms with Gasteiger partial charge in [0.25, 0.3) is 0 Å². The van der Waals surface area contributed by atoms with Crippen LogP contribution in [0.5, 0.6) is 5.75 Å². The first kappa shape index (κ1) is 8.56. The van der Waals surface area contributed by atoms with E-state index in [-0.39, 0.29) is 0 Å². The van der Waals surface area contributed by atoms with Crippen molar-refractivity contribution in [2.24, 2.45) is 0 Å². The van der Waals surface area contributed by atoms with Gasteiger partial charge in [0.05, 0.1) is 7.11 Å². The maximum absolute atomic E-state index is 5.07. The summed E-state index contributed by atoms with van der Waals surface area (Å²) in [6, 6.07) is 2.48. The molecule has 0 radical (unpaired) electrons. The molecule has 1 aromatic rings. The van der Waals surface area contributed by atoms with Gasteiger partial charge in [-0.15, -0.1) is 11.3 Å². The number of hydrogen-bond acceptors (Lipinski definition) is 3. The van der Waals surface area contributed by atoms with Crippen LogP contribution in [0.3, 0.4) is 0 Å². The Hall–Kier alpha value is -0.540. The van der Waals surface area contributed by atoms with E-state index in [2.05, 4.69) is 18.3 Å². The van der Waals surface area contributed by atoms with Crippen molar-refractivity contribution in [2.75, 3.05) is 14.2 Å². The van der Waals surface area contributed by atoms with Crippen molar-refractivity contribution < 1.29 is 4.74 Å². The molecule has 0 aliphatic rings. The van der Waals surface area contributed by atoms with Gasteiger partial charge in [-0.05, 0) is 20.0 Å². The van der Waals surface area contributed by atoms with Gasteiger partial charge in [-0.1, -0.05) is 0 Å². The minimum atomic E-state index is 0.420. The Morgan fingerprint density at radius 2 is 2.36 bits per heavy atom. The monoisotopic (exact) mass is 171 g/mol. The summed E-state index contributed by atoms with van der Waals surface area (Å²) >= 11 is 1.72. The van der Waals surface area contributed by atoms with Gasteiger partial charge in [0.1, 0.15) is 5.75 Å². The topological polar surface area (TPSA) is 21.3 Å². The molecule has 0 fully saturated rings. The zero-order valence-corrected chi connectivity index (χ0v) is 7.87. The van der Waals surface area contributed by atoms with Crippen molar-refractivity contribution in [1.29, 1.82) is 0 Å². The standard InChI is InChI=1S/C8H13NOS/c1-6(9-2)8-4-7(10-3)5-11-8/h4-6,9H,1-3H3. The second-order valence-corrected chi connectivity index (χ2v) is 3.34. The molecule has 1 aromatic heterocycles. The van der Waals surface area contributed by atoms with Gasteiger partial charge in [0.15, 0.2) is 0 Å². The molecule has 0 aliphatic heterocycles. The third-order valence-corrected chi connectivity index (χ3v) is 2.78. The Balaban J connectivity index is 2.71. The van der Waals surface area contributed by atoms with Crippen LogP contribution in [0.1, 0.15) is 17.8 Å². The van der Waals surface area contributed by atoms with Crippen LogP contribution in [-0.4, -0.2) is 14.2 Å². The summed E-state index contributed by atoms with van der Waals surface area (Å²) in [6.45, 7) is 2.13.